The summed E-state index contributed by atoms with van der Waals surface area (Å²) in [5, 5.41) is 13.3. The highest BCUT2D eigenvalue weighted by molar-refractivity contribution is 5.56. The third kappa shape index (κ3) is 2.38. The predicted octanol–water partition coefficient (Wildman–Crippen LogP) is 4.50. The summed E-state index contributed by atoms with van der Waals surface area (Å²) in [6.45, 7) is 4.31. The average molecular weight is 267 g/mol. The number of rotatable bonds is 2. The van der Waals surface area contributed by atoms with E-state index in [1.165, 1.54) is 34.4 Å². The van der Waals surface area contributed by atoms with Gasteiger partial charge in [-0.15, -0.1) is 0 Å². The molecule has 2 N–H and O–H groups in total. The SMILES string of the molecule is Cc1cccc(NC2CCCc3cc(O)ccc32)c1C. The molecule has 104 valence electrons. The van der Waals surface area contributed by atoms with Gasteiger partial charge in [0.25, 0.3) is 0 Å². The third-order valence-electron chi connectivity index (χ3n) is 4.38. The van der Waals surface area contributed by atoms with Gasteiger partial charge in [-0.2, -0.15) is 0 Å². The van der Waals surface area contributed by atoms with Gasteiger partial charge in [0, 0.05) is 5.69 Å². The molecular weight excluding hydrogens is 246 g/mol. The first-order chi connectivity index (χ1) is 9.65. The van der Waals surface area contributed by atoms with Crippen LogP contribution in [0.15, 0.2) is 36.4 Å². The number of aromatic hydroxyl groups is 1. The number of nitrogens with one attached hydrogen (secondary N) is 1. The van der Waals surface area contributed by atoms with E-state index < -0.39 is 0 Å². The molecule has 0 saturated carbocycles. The van der Waals surface area contributed by atoms with E-state index in [0.29, 0.717) is 11.8 Å². The standard InChI is InChI=1S/C18H21NO/c1-12-5-3-7-17(13(12)2)19-18-8-4-6-14-11-15(20)9-10-16(14)18/h3,5,7,9-11,18-20H,4,6,8H2,1-2H3. The molecule has 1 aliphatic carbocycles. The Hall–Kier alpha value is -1.96. The summed E-state index contributed by atoms with van der Waals surface area (Å²) in [5.74, 6) is 0.371. The summed E-state index contributed by atoms with van der Waals surface area (Å²) in [6, 6.07) is 12.5. The second-order valence-electron chi connectivity index (χ2n) is 5.72. The predicted molar refractivity (Wildman–Crippen MR) is 83.3 cm³/mol. The molecule has 0 fully saturated rings. The zero-order valence-electron chi connectivity index (χ0n) is 12.1. The molecule has 1 atom stereocenters. The molecule has 20 heavy (non-hydrogen) atoms. The number of phenolic OH excluding ortho intramolecular Hbond substituents is 1. The van der Waals surface area contributed by atoms with Crippen LogP contribution in [0.25, 0.3) is 0 Å². The van der Waals surface area contributed by atoms with Crippen LogP contribution in [-0.2, 0) is 6.42 Å². The number of benzene rings is 2. The van der Waals surface area contributed by atoms with Crippen molar-refractivity contribution in [2.45, 2.75) is 39.2 Å². The Bertz CT molecular complexity index is 633. The van der Waals surface area contributed by atoms with Crippen molar-refractivity contribution in [1.82, 2.24) is 0 Å². The van der Waals surface area contributed by atoms with Gasteiger partial charge in [0.05, 0.1) is 6.04 Å². The van der Waals surface area contributed by atoms with Crippen molar-refractivity contribution in [2.75, 3.05) is 5.32 Å². The molecule has 1 aliphatic rings. The Kier molecular flexibility index (Phi) is 3.39. The van der Waals surface area contributed by atoms with Crippen LogP contribution in [0.3, 0.4) is 0 Å². The van der Waals surface area contributed by atoms with Crippen LogP contribution >= 0.6 is 0 Å². The van der Waals surface area contributed by atoms with Gasteiger partial charge in [0.15, 0.2) is 0 Å². The number of anilines is 1. The first-order valence-corrected chi connectivity index (χ1v) is 7.29. The fourth-order valence-electron chi connectivity index (χ4n) is 3.05. The number of hydrogen-bond donors (Lipinski definition) is 2. The van der Waals surface area contributed by atoms with E-state index in [1.54, 1.807) is 6.07 Å². The largest absolute Gasteiger partial charge is 0.508 e. The fourth-order valence-corrected chi connectivity index (χ4v) is 3.05. The minimum atomic E-state index is 0.347. The van der Waals surface area contributed by atoms with Gasteiger partial charge in [0.1, 0.15) is 5.75 Å². The minimum absolute atomic E-state index is 0.347. The van der Waals surface area contributed by atoms with E-state index >= 15 is 0 Å². The van der Waals surface area contributed by atoms with Crippen LogP contribution in [0.1, 0.15) is 41.1 Å². The molecule has 0 radical (unpaired) electrons. The lowest BCUT2D eigenvalue weighted by atomic mass is 9.87. The van der Waals surface area contributed by atoms with E-state index in [2.05, 4.69) is 43.4 Å². The summed E-state index contributed by atoms with van der Waals surface area (Å²) in [5.41, 5.74) is 6.46. The zero-order valence-corrected chi connectivity index (χ0v) is 12.1. The summed E-state index contributed by atoms with van der Waals surface area (Å²) < 4.78 is 0. The van der Waals surface area contributed by atoms with E-state index in [9.17, 15) is 5.11 Å². The van der Waals surface area contributed by atoms with Crippen molar-refractivity contribution in [3.8, 4) is 5.75 Å². The van der Waals surface area contributed by atoms with E-state index in [4.69, 9.17) is 0 Å². The highest BCUT2D eigenvalue weighted by atomic mass is 16.3. The highest BCUT2D eigenvalue weighted by Crippen LogP contribution is 2.35. The highest BCUT2D eigenvalue weighted by Gasteiger charge is 2.20. The number of hydrogen-bond acceptors (Lipinski definition) is 2. The van der Waals surface area contributed by atoms with Gasteiger partial charge in [-0.05, 0) is 73.6 Å². The molecule has 0 amide bonds. The van der Waals surface area contributed by atoms with Crippen LogP contribution in [0, 0.1) is 13.8 Å². The van der Waals surface area contributed by atoms with Gasteiger partial charge >= 0.3 is 0 Å². The van der Waals surface area contributed by atoms with Gasteiger partial charge in [0.2, 0.25) is 0 Å². The summed E-state index contributed by atoms with van der Waals surface area (Å²) in [7, 11) is 0. The van der Waals surface area contributed by atoms with Crippen molar-refractivity contribution in [3.63, 3.8) is 0 Å². The summed E-state index contributed by atoms with van der Waals surface area (Å²) in [4.78, 5) is 0. The monoisotopic (exact) mass is 267 g/mol. The Morgan fingerprint density at radius 3 is 2.85 bits per heavy atom. The lowest BCUT2D eigenvalue weighted by molar-refractivity contribution is 0.472. The zero-order chi connectivity index (χ0) is 14.1. The Labute approximate surface area is 120 Å². The van der Waals surface area contributed by atoms with Gasteiger partial charge in [-0.3, -0.25) is 0 Å². The quantitative estimate of drug-likeness (QED) is 0.839. The molecule has 0 saturated heterocycles. The van der Waals surface area contributed by atoms with Crippen LogP contribution in [-0.4, -0.2) is 5.11 Å². The summed E-state index contributed by atoms with van der Waals surface area (Å²) in [6.07, 6.45) is 3.37. The molecule has 2 aromatic rings. The number of fused-ring (bicyclic) bond motifs is 1. The Morgan fingerprint density at radius 1 is 1.15 bits per heavy atom. The molecule has 2 nitrogen and oxygen atoms in total. The van der Waals surface area contributed by atoms with E-state index in [0.717, 1.165) is 12.8 Å². The molecule has 2 heteroatoms. The van der Waals surface area contributed by atoms with Crippen LogP contribution in [0.2, 0.25) is 0 Å². The molecule has 2 aromatic carbocycles. The van der Waals surface area contributed by atoms with Crippen molar-refractivity contribution in [2.24, 2.45) is 0 Å². The Morgan fingerprint density at radius 2 is 2.00 bits per heavy atom. The molecule has 3 rings (SSSR count). The lowest BCUT2D eigenvalue weighted by Gasteiger charge is -2.28. The maximum Gasteiger partial charge on any atom is 0.115 e. The van der Waals surface area contributed by atoms with Gasteiger partial charge < -0.3 is 10.4 Å². The van der Waals surface area contributed by atoms with Gasteiger partial charge in [-0.25, -0.2) is 0 Å². The van der Waals surface area contributed by atoms with Crippen molar-refractivity contribution in [1.29, 1.82) is 0 Å². The lowest BCUT2D eigenvalue weighted by Crippen LogP contribution is -2.17. The normalized spacial score (nSPS) is 17.6. The molecule has 1 unspecified atom stereocenters. The topological polar surface area (TPSA) is 32.3 Å². The maximum atomic E-state index is 9.62. The van der Waals surface area contributed by atoms with Crippen molar-refractivity contribution in [3.05, 3.63) is 58.7 Å². The molecule has 0 bridgehead atoms. The minimum Gasteiger partial charge on any atom is -0.508 e. The first-order valence-electron chi connectivity index (χ1n) is 7.29. The molecule has 0 heterocycles. The van der Waals surface area contributed by atoms with Crippen molar-refractivity contribution < 1.29 is 5.11 Å². The number of phenols is 1. The molecule has 0 aliphatic heterocycles. The maximum absolute atomic E-state index is 9.62. The van der Waals surface area contributed by atoms with E-state index in [1.807, 2.05) is 6.07 Å². The molecule has 0 aromatic heterocycles. The second-order valence-corrected chi connectivity index (χ2v) is 5.72. The second kappa shape index (κ2) is 5.20. The van der Waals surface area contributed by atoms with Crippen LogP contribution < -0.4 is 5.32 Å². The first kappa shape index (κ1) is 13.0. The third-order valence-corrected chi connectivity index (χ3v) is 4.38. The van der Waals surface area contributed by atoms with Crippen LogP contribution in [0.5, 0.6) is 5.75 Å². The van der Waals surface area contributed by atoms with E-state index in [-0.39, 0.29) is 0 Å². The average Bonchev–Trinajstić information content (AvgIpc) is 2.44. The van der Waals surface area contributed by atoms with Crippen molar-refractivity contribution >= 4 is 5.69 Å². The molecular formula is C18H21NO. The van der Waals surface area contributed by atoms with Crippen LogP contribution in [0.4, 0.5) is 5.69 Å². The van der Waals surface area contributed by atoms with Gasteiger partial charge in [-0.1, -0.05) is 18.2 Å². The Balaban J connectivity index is 1.91. The number of aryl methyl sites for hydroxylation is 2. The fraction of sp³-hybridized carbons (Fsp3) is 0.333. The summed E-state index contributed by atoms with van der Waals surface area (Å²) >= 11 is 0. The molecule has 0 spiro atoms. The smallest absolute Gasteiger partial charge is 0.115 e.